The van der Waals surface area contributed by atoms with E-state index in [1.165, 1.54) is 19.1 Å². The Kier molecular flexibility index (Phi) is 7.72. The highest BCUT2D eigenvalue weighted by Crippen LogP contribution is 2.47. The van der Waals surface area contributed by atoms with Gasteiger partial charge < -0.3 is 10.0 Å². The zero-order valence-electron chi connectivity index (χ0n) is 16.8. The average Bonchev–Trinajstić information content (AvgIpc) is 3.19. The van der Waals surface area contributed by atoms with Crippen LogP contribution in [0.1, 0.15) is 42.0 Å². The molecular weight excluding hydrogens is 444 g/mol. The first-order chi connectivity index (χ1) is 14.0. The van der Waals surface area contributed by atoms with E-state index in [2.05, 4.69) is 0 Å². The van der Waals surface area contributed by atoms with Crippen molar-refractivity contribution in [3.05, 3.63) is 70.8 Å². The number of aliphatic hydroxyl groups is 1. The van der Waals surface area contributed by atoms with Gasteiger partial charge in [0.25, 0.3) is 0 Å². The van der Waals surface area contributed by atoms with Gasteiger partial charge in [-0.2, -0.15) is 26.3 Å². The molecule has 0 saturated carbocycles. The molecule has 2 aromatic carbocycles. The van der Waals surface area contributed by atoms with Gasteiger partial charge in [-0.15, -0.1) is 12.4 Å². The molecule has 1 unspecified atom stereocenters. The topological polar surface area (TPSA) is 23.5 Å². The minimum absolute atomic E-state index is 0. The van der Waals surface area contributed by atoms with Crippen LogP contribution in [0.3, 0.4) is 0 Å². The van der Waals surface area contributed by atoms with Crippen molar-refractivity contribution in [3.8, 4) is 0 Å². The lowest BCUT2D eigenvalue weighted by Gasteiger charge is -2.40. The first kappa shape index (κ1) is 25.5. The van der Waals surface area contributed by atoms with Crippen molar-refractivity contribution in [2.75, 3.05) is 19.6 Å². The molecule has 2 nitrogen and oxygen atoms in total. The van der Waals surface area contributed by atoms with E-state index in [-0.39, 0.29) is 19.0 Å². The Morgan fingerprint density at radius 1 is 0.774 bits per heavy atom. The molecule has 31 heavy (non-hydrogen) atoms. The summed E-state index contributed by atoms with van der Waals surface area (Å²) in [6, 6.07) is 8.63. The van der Waals surface area contributed by atoms with Crippen molar-refractivity contribution in [1.82, 2.24) is 4.90 Å². The van der Waals surface area contributed by atoms with E-state index in [0.717, 1.165) is 49.2 Å². The Morgan fingerprint density at radius 3 is 1.48 bits per heavy atom. The summed E-state index contributed by atoms with van der Waals surface area (Å²) in [5.41, 5.74) is -5.90. The van der Waals surface area contributed by atoms with Crippen molar-refractivity contribution in [2.24, 2.45) is 5.92 Å². The number of alkyl halides is 6. The number of hydrogen-bond acceptors (Lipinski definition) is 2. The smallest absolute Gasteiger partial charge is 0.380 e. The predicted molar refractivity (Wildman–Crippen MR) is 108 cm³/mol. The molecule has 0 aromatic heterocycles. The summed E-state index contributed by atoms with van der Waals surface area (Å²) in [6.45, 7) is 3.07. The van der Waals surface area contributed by atoms with Crippen LogP contribution in [0.2, 0.25) is 0 Å². The maximum Gasteiger partial charge on any atom is 0.416 e. The third kappa shape index (κ3) is 5.18. The summed E-state index contributed by atoms with van der Waals surface area (Å²) in [5, 5.41) is 11.7. The summed E-state index contributed by atoms with van der Waals surface area (Å²) in [7, 11) is 0. The van der Waals surface area contributed by atoms with Crippen LogP contribution >= 0.6 is 12.4 Å². The molecule has 0 bridgehead atoms. The lowest BCUT2D eigenvalue weighted by molar-refractivity contribution is -0.143. The fourth-order valence-electron chi connectivity index (χ4n) is 4.29. The lowest BCUT2D eigenvalue weighted by atomic mass is 9.73. The van der Waals surface area contributed by atoms with Crippen LogP contribution in [-0.4, -0.2) is 29.6 Å². The maximum absolute atomic E-state index is 13.8. The Bertz CT molecular complexity index is 819. The fraction of sp³-hybridized carbons (Fsp3) is 0.455. The molecule has 1 atom stereocenters. The summed E-state index contributed by atoms with van der Waals surface area (Å²) in [4.78, 5) is 1.96. The molecule has 0 amide bonds. The Hall–Kier alpha value is -1.77. The van der Waals surface area contributed by atoms with Gasteiger partial charge in [0.2, 0.25) is 0 Å². The second-order valence-electron chi connectivity index (χ2n) is 7.76. The van der Waals surface area contributed by atoms with Gasteiger partial charge >= 0.3 is 12.4 Å². The van der Waals surface area contributed by atoms with E-state index >= 15 is 0 Å². The zero-order chi connectivity index (χ0) is 22.2. The molecule has 2 aromatic rings. The molecule has 1 saturated heterocycles. The number of benzene rings is 2. The third-order valence-corrected chi connectivity index (χ3v) is 5.73. The van der Waals surface area contributed by atoms with E-state index in [1.807, 2.05) is 4.90 Å². The summed E-state index contributed by atoms with van der Waals surface area (Å²) < 4.78 is 82.5. The molecule has 1 fully saturated rings. The van der Waals surface area contributed by atoms with Crippen LogP contribution in [0.25, 0.3) is 0 Å². The summed E-state index contributed by atoms with van der Waals surface area (Å²) >= 11 is 0. The standard InChI is InChI=1S/C22H23F6NO.ClH/c1-15(14-29-12-6-7-13-29)20(30,16-8-2-4-10-18(16)21(23,24)25)17-9-3-5-11-19(17)22(26,27)28;/h2-5,8-11,15,30H,6-7,12-14H2,1H3;1H. The van der Waals surface area contributed by atoms with Crippen LogP contribution in [0.15, 0.2) is 48.5 Å². The molecule has 0 radical (unpaired) electrons. The Labute approximate surface area is 183 Å². The molecule has 172 valence electrons. The zero-order valence-corrected chi connectivity index (χ0v) is 17.6. The number of hydrogen-bond donors (Lipinski definition) is 1. The van der Waals surface area contributed by atoms with E-state index in [1.54, 1.807) is 0 Å². The molecule has 0 spiro atoms. The second kappa shape index (κ2) is 9.38. The van der Waals surface area contributed by atoms with E-state index in [9.17, 15) is 31.4 Å². The van der Waals surface area contributed by atoms with Gasteiger partial charge in [-0.05, 0) is 38.1 Å². The van der Waals surface area contributed by atoms with Gasteiger partial charge in [-0.1, -0.05) is 43.3 Å². The summed E-state index contributed by atoms with van der Waals surface area (Å²) in [5.74, 6) is -0.928. The SMILES string of the molecule is CC(CN1CCCC1)C(O)(c1ccccc1C(F)(F)F)c1ccccc1C(F)(F)F.Cl. The van der Waals surface area contributed by atoms with Gasteiger partial charge in [-0.25, -0.2) is 0 Å². The number of halogens is 7. The quantitative estimate of drug-likeness (QED) is 0.536. The minimum Gasteiger partial charge on any atom is -0.380 e. The molecule has 3 rings (SSSR count). The fourth-order valence-corrected chi connectivity index (χ4v) is 4.29. The first-order valence-corrected chi connectivity index (χ1v) is 9.74. The first-order valence-electron chi connectivity index (χ1n) is 9.74. The van der Waals surface area contributed by atoms with Crippen LogP contribution in [0, 0.1) is 5.92 Å². The predicted octanol–water partition coefficient (Wildman–Crippen LogP) is 6.11. The monoisotopic (exact) mass is 467 g/mol. The molecular formula is C22H24ClF6NO. The lowest BCUT2D eigenvalue weighted by Crippen LogP contribution is -2.43. The second-order valence-corrected chi connectivity index (χ2v) is 7.76. The number of likely N-dealkylation sites (tertiary alicyclic amines) is 1. The van der Waals surface area contributed by atoms with Gasteiger partial charge in [0.05, 0.1) is 11.1 Å². The van der Waals surface area contributed by atoms with E-state index in [0.29, 0.717) is 13.1 Å². The van der Waals surface area contributed by atoms with Crippen molar-refractivity contribution < 1.29 is 31.4 Å². The highest BCUT2D eigenvalue weighted by molar-refractivity contribution is 5.85. The molecule has 1 aliphatic heterocycles. The van der Waals surface area contributed by atoms with Gasteiger partial charge in [-0.3, -0.25) is 0 Å². The molecule has 0 aliphatic carbocycles. The number of nitrogens with zero attached hydrogens (tertiary/aromatic N) is 1. The van der Waals surface area contributed by atoms with Gasteiger partial charge in [0, 0.05) is 23.6 Å². The largest absolute Gasteiger partial charge is 0.416 e. The van der Waals surface area contributed by atoms with Gasteiger partial charge in [0.15, 0.2) is 0 Å². The Balaban J connectivity index is 0.00000341. The van der Waals surface area contributed by atoms with Crippen molar-refractivity contribution in [1.29, 1.82) is 0 Å². The van der Waals surface area contributed by atoms with Crippen LogP contribution in [0.5, 0.6) is 0 Å². The van der Waals surface area contributed by atoms with Gasteiger partial charge in [0.1, 0.15) is 5.60 Å². The van der Waals surface area contributed by atoms with Crippen LogP contribution in [0.4, 0.5) is 26.3 Å². The van der Waals surface area contributed by atoms with Crippen LogP contribution in [-0.2, 0) is 18.0 Å². The summed E-state index contributed by atoms with van der Waals surface area (Å²) in [6.07, 6.45) is -7.84. The molecule has 1 heterocycles. The highest BCUT2D eigenvalue weighted by atomic mass is 35.5. The number of rotatable bonds is 5. The average molecular weight is 468 g/mol. The van der Waals surface area contributed by atoms with Crippen molar-refractivity contribution in [3.63, 3.8) is 0 Å². The molecule has 1 N–H and O–H groups in total. The van der Waals surface area contributed by atoms with E-state index in [4.69, 9.17) is 0 Å². The highest BCUT2D eigenvalue weighted by Gasteiger charge is 2.48. The van der Waals surface area contributed by atoms with E-state index < -0.39 is 46.1 Å². The van der Waals surface area contributed by atoms with Crippen LogP contribution < -0.4 is 0 Å². The normalized spacial score (nSPS) is 16.8. The Morgan fingerprint density at radius 2 is 1.13 bits per heavy atom. The maximum atomic E-state index is 13.8. The van der Waals surface area contributed by atoms with Crippen molar-refractivity contribution >= 4 is 12.4 Å². The van der Waals surface area contributed by atoms with Crippen molar-refractivity contribution in [2.45, 2.75) is 37.7 Å². The molecule has 1 aliphatic rings. The molecule has 9 heteroatoms. The third-order valence-electron chi connectivity index (χ3n) is 5.73. The minimum atomic E-state index is -4.83.